The van der Waals surface area contributed by atoms with Gasteiger partial charge in [0.1, 0.15) is 0 Å². The standard InChI is InChI=1S/C21H21NS/c1-14-6-4-5-7-18(14)19-12-13-20(22)15(2)21(19)16-8-10-17(23-3)11-9-16/h4-13H,22H2,1-3H3. The molecule has 0 bridgehead atoms. The van der Waals surface area contributed by atoms with Gasteiger partial charge in [0.05, 0.1) is 0 Å². The molecule has 1 nitrogen and oxygen atoms in total. The number of nitrogens with two attached hydrogens (primary N) is 1. The van der Waals surface area contributed by atoms with Crippen LogP contribution in [0.4, 0.5) is 5.69 Å². The molecule has 116 valence electrons. The quantitative estimate of drug-likeness (QED) is 0.477. The monoisotopic (exact) mass is 319 g/mol. The third kappa shape index (κ3) is 2.99. The summed E-state index contributed by atoms with van der Waals surface area (Å²) in [4.78, 5) is 1.27. The topological polar surface area (TPSA) is 26.0 Å². The van der Waals surface area contributed by atoms with Crippen molar-refractivity contribution in [2.24, 2.45) is 0 Å². The first-order valence-corrected chi connectivity index (χ1v) is 8.94. The fraction of sp³-hybridized carbons (Fsp3) is 0.143. The van der Waals surface area contributed by atoms with Crippen LogP contribution in [0.3, 0.4) is 0 Å². The Labute approximate surface area is 142 Å². The van der Waals surface area contributed by atoms with Gasteiger partial charge in [-0.3, -0.25) is 0 Å². The highest BCUT2D eigenvalue weighted by Gasteiger charge is 2.13. The summed E-state index contributed by atoms with van der Waals surface area (Å²) in [6.07, 6.45) is 2.10. The Balaban J connectivity index is 2.25. The molecule has 0 spiro atoms. The van der Waals surface area contributed by atoms with E-state index in [4.69, 9.17) is 5.73 Å². The molecule has 0 aliphatic carbocycles. The fourth-order valence-corrected chi connectivity index (χ4v) is 3.37. The molecular weight excluding hydrogens is 298 g/mol. The number of hydrogen-bond donors (Lipinski definition) is 1. The molecule has 3 aromatic rings. The van der Waals surface area contributed by atoms with Gasteiger partial charge in [0.15, 0.2) is 0 Å². The molecule has 0 saturated carbocycles. The van der Waals surface area contributed by atoms with Crippen LogP contribution < -0.4 is 5.73 Å². The molecule has 0 atom stereocenters. The van der Waals surface area contributed by atoms with Gasteiger partial charge in [-0.2, -0.15) is 0 Å². The first-order valence-electron chi connectivity index (χ1n) is 7.71. The van der Waals surface area contributed by atoms with Gasteiger partial charge in [0.25, 0.3) is 0 Å². The summed E-state index contributed by atoms with van der Waals surface area (Å²) < 4.78 is 0. The molecule has 0 unspecified atom stereocenters. The Hall–Kier alpha value is -2.19. The molecule has 0 amide bonds. The maximum atomic E-state index is 6.19. The van der Waals surface area contributed by atoms with E-state index in [-0.39, 0.29) is 0 Å². The minimum Gasteiger partial charge on any atom is -0.398 e. The smallest absolute Gasteiger partial charge is 0.0350 e. The van der Waals surface area contributed by atoms with E-state index >= 15 is 0 Å². The third-order valence-electron chi connectivity index (χ3n) is 4.32. The lowest BCUT2D eigenvalue weighted by Crippen LogP contribution is -1.96. The molecule has 3 rings (SSSR count). The number of rotatable bonds is 3. The van der Waals surface area contributed by atoms with Gasteiger partial charge in [-0.05, 0) is 71.7 Å². The van der Waals surface area contributed by atoms with Crippen molar-refractivity contribution in [1.82, 2.24) is 0 Å². The van der Waals surface area contributed by atoms with Gasteiger partial charge in [-0.15, -0.1) is 11.8 Å². The van der Waals surface area contributed by atoms with E-state index in [0.29, 0.717) is 0 Å². The molecule has 0 fully saturated rings. The summed E-state index contributed by atoms with van der Waals surface area (Å²) in [6, 6.07) is 21.4. The van der Waals surface area contributed by atoms with Crippen molar-refractivity contribution in [1.29, 1.82) is 0 Å². The van der Waals surface area contributed by atoms with Gasteiger partial charge in [0, 0.05) is 10.6 Å². The molecule has 23 heavy (non-hydrogen) atoms. The average Bonchev–Trinajstić information content (AvgIpc) is 2.58. The molecule has 0 aliphatic rings. The maximum Gasteiger partial charge on any atom is 0.0350 e. The molecule has 0 aromatic heterocycles. The summed E-state index contributed by atoms with van der Waals surface area (Å²) in [6.45, 7) is 4.26. The van der Waals surface area contributed by atoms with Crippen LogP contribution in [-0.2, 0) is 0 Å². The van der Waals surface area contributed by atoms with E-state index < -0.39 is 0 Å². The zero-order chi connectivity index (χ0) is 16.4. The number of thioether (sulfide) groups is 1. The second kappa shape index (κ2) is 6.51. The van der Waals surface area contributed by atoms with Crippen LogP contribution in [0, 0.1) is 13.8 Å². The summed E-state index contributed by atoms with van der Waals surface area (Å²) in [5.41, 5.74) is 14.4. The molecule has 0 aliphatic heterocycles. The Kier molecular flexibility index (Phi) is 4.44. The van der Waals surface area contributed by atoms with Crippen LogP contribution in [0.5, 0.6) is 0 Å². The van der Waals surface area contributed by atoms with Gasteiger partial charge >= 0.3 is 0 Å². The SMILES string of the molecule is CSc1ccc(-c2c(-c3ccccc3C)ccc(N)c2C)cc1. The van der Waals surface area contributed by atoms with E-state index in [0.717, 1.165) is 11.3 Å². The van der Waals surface area contributed by atoms with Crippen molar-refractivity contribution >= 4 is 17.4 Å². The van der Waals surface area contributed by atoms with Crippen molar-refractivity contribution in [3.63, 3.8) is 0 Å². The van der Waals surface area contributed by atoms with Crippen molar-refractivity contribution in [2.75, 3.05) is 12.0 Å². The molecule has 0 heterocycles. The largest absolute Gasteiger partial charge is 0.398 e. The van der Waals surface area contributed by atoms with Crippen LogP contribution in [0.15, 0.2) is 65.6 Å². The zero-order valence-electron chi connectivity index (χ0n) is 13.8. The molecule has 0 saturated heterocycles. The van der Waals surface area contributed by atoms with Gasteiger partial charge in [0.2, 0.25) is 0 Å². The Bertz CT molecular complexity index is 835. The number of aryl methyl sites for hydroxylation is 1. The summed E-state index contributed by atoms with van der Waals surface area (Å²) in [5, 5.41) is 0. The third-order valence-corrected chi connectivity index (χ3v) is 5.06. The van der Waals surface area contributed by atoms with E-state index in [1.165, 1.54) is 32.7 Å². The van der Waals surface area contributed by atoms with Gasteiger partial charge in [-0.25, -0.2) is 0 Å². The van der Waals surface area contributed by atoms with Crippen LogP contribution in [0.2, 0.25) is 0 Å². The van der Waals surface area contributed by atoms with Crippen molar-refractivity contribution in [2.45, 2.75) is 18.7 Å². The lowest BCUT2D eigenvalue weighted by Gasteiger charge is -2.17. The Morgan fingerprint density at radius 2 is 1.48 bits per heavy atom. The Morgan fingerprint density at radius 1 is 0.783 bits per heavy atom. The molecule has 3 aromatic carbocycles. The molecule has 2 N–H and O–H groups in total. The molecule has 0 radical (unpaired) electrons. The predicted octanol–water partition coefficient (Wildman–Crippen LogP) is 5.94. The van der Waals surface area contributed by atoms with Crippen LogP contribution in [0.25, 0.3) is 22.3 Å². The van der Waals surface area contributed by atoms with Crippen LogP contribution in [0.1, 0.15) is 11.1 Å². The lowest BCUT2D eigenvalue weighted by molar-refractivity contribution is 1.40. The highest BCUT2D eigenvalue weighted by atomic mass is 32.2. The minimum atomic E-state index is 0.839. The van der Waals surface area contributed by atoms with Gasteiger partial charge < -0.3 is 5.73 Å². The predicted molar refractivity (Wildman–Crippen MR) is 103 cm³/mol. The van der Waals surface area contributed by atoms with Crippen LogP contribution >= 0.6 is 11.8 Å². The lowest BCUT2D eigenvalue weighted by atomic mass is 9.88. The van der Waals surface area contributed by atoms with Crippen LogP contribution in [-0.4, -0.2) is 6.26 Å². The van der Waals surface area contributed by atoms with E-state index in [1.54, 1.807) is 11.8 Å². The van der Waals surface area contributed by atoms with E-state index in [9.17, 15) is 0 Å². The Morgan fingerprint density at radius 3 is 2.13 bits per heavy atom. The van der Waals surface area contributed by atoms with Crippen molar-refractivity contribution < 1.29 is 0 Å². The normalized spacial score (nSPS) is 10.7. The second-order valence-electron chi connectivity index (χ2n) is 5.75. The number of hydrogen-bond acceptors (Lipinski definition) is 2. The van der Waals surface area contributed by atoms with Crippen molar-refractivity contribution in [3.8, 4) is 22.3 Å². The highest BCUT2D eigenvalue weighted by Crippen LogP contribution is 2.38. The highest BCUT2D eigenvalue weighted by molar-refractivity contribution is 7.98. The maximum absolute atomic E-state index is 6.19. The van der Waals surface area contributed by atoms with E-state index in [1.807, 2.05) is 6.07 Å². The number of nitrogen functional groups attached to an aromatic ring is 1. The van der Waals surface area contributed by atoms with Crippen molar-refractivity contribution in [3.05, 3.63) is 71.8 Å². The zero-order valence-corrected chi connectivity index (χ0v) is 14.6. The minimum absolute atomic E-state index is 0.839. The second-order valence-corrected chi connectivity index (χ2v) is 6.63. The first-order chi connectivity index (χ1) is 11.1. The first kappa shape index (κ1) is 15.7. The summed E-state index contributed by atoms with van der Waals surface area (Å²) in [5.74, 6) is 0. The molecule has 2 heteroatoms. The average molecular weight is 319 g/mol. The fourth-order valence-electron chi connectivity index (χ4n) is 2.96. The van der Waals surface area contributed by atoms with Gasteiger partial charge in [-0.1, -0.05) is 42.5 Å². The number of anilines is 1. The number of benzene rings is 3. The van der Waals surface area contributed by atoms with E-state index in [2.05, 4.69) is 74.7 Å². The summed E-state index contributed by atoms with van der Waals surface area (Å²) >= 11 is 1.76. The molecular formula is C21H21NS. The summed E-state index contributed by atoms with van der Waals surface area (Å²) in [7, 11) is 0.